The molecular weight excluding hydrogens is 216 g/mol. The van der Waals surface area contributed by atoms with Crippen LogP contribution in [0.4, 0.5) is 0 Å². The molecular formula is C12H14N4O. The molecule has 0 N–H and O–H groups in total. The second-order valence-corrected chi connectivity index (χ2v) is 4.34. The van der Waals surface area contributed by atoms with Crippen molar-refractivity contribution in [2.75, 3.05) is 13.2 Å². The van der Waals surface area contributed by atoms with E-state index in [2.05, 4.69) is 17.2 Å². The molecule has 1 aliphatic heterocycles. The van der Waals surface area contributed by atoms with Gasteiger partial charge in [0.2, 0.25) is 0 Å². The van der Waals surface area contributed by atoms with Crippen LogP contribution in [-0.4, -0.2) is 27.4 Å². The minimum Gasteiger partial charge on any atom is -0.381 e. The summed E-state index contributed by atoms with van der Waals surface area (Å²) in [6.07, 6.45) is 5.87. The largest absolute Gasteiger partial charge is 0.381 e. The summed E-state index contributed by atoms with van der Waals surface area (Å²) in [6.45, 7) is 2.02. The highest BCUT2D eigenvalue weighted by atomic mass is 16.5. The lowest BCUT2D eigenvalue weighted by molar-refractivity contribution is 0.0844. The van der Waals surface area contributed by atoms with Crippen LogP contribution < -0.4 is 0 Å². The molecule has 0 aromatic carbocycles. The summed E-state index contributed by atoms with van der Waals surface area (Å²) in [4.78, 5) is 0. The molecule has 0 atom stereocenters. The van der Waals surface area contributed by atoms with E-state index in [4.69, 9.17) is 10.00 Å². The normalized spacial score (nSPS) is 17.4. The lowest BCUT2D eigenvalue weighted by Gasteiger charge is -2.19. The predicted octanol–water partition coefficient (Wildman–Crippen LogP) is 1.55. The Morgan fingerprint density at radius 3 is 3.00 bits per heavy atom. The Balaban J connectivity index is 1.93. The maximum atomic E-state index is 8.74. The van der Waals surface area contributed by atoms with Crippen molar-refractivity contribution in [3.63, 3.8) is 0 Å². The van der Waals surface area contributed by atoms with Crippen molar-refractivity contribution < 1.29 is 4.74 Å². The fourth-order valence-electron chi connectivity index (χ4n) is 2.35. The average molecular weight is 230 g/mol. The van der Waals surface area contributed by atoms with E-state index in [9.17, 15) is 0 Å². The predicted molar refractivity (Wildman–Crippen MR) is 61.6 cm³/mol. The van der Waals surface area contributed by atoms with Crippen molar-refractivity contribution in [1.82, 2.24) is 14.2 Å². The molecule has 0 aliphatic carbocycles. The summed E-state index contributed by atoms with van der Waals surface area (Å²) in [6, 6.07) is 4.24. The van der Waals surface area contributed by atoms with E-state index in [-0.39, 0.29) is 0 Å². The van der Waals surface area contributed by atoms with Crippen LogP contribution in [-0.2, 0) is 11.3 Å². The molecule has 0 radical (unpaired) electrons. The molecule has 5 heteroatoms. The van der Waals surface area contributed by atoms with Crippen molar-refractivity contribution in [1.29, 1.82) is 5.26 Å². The molecule has 3 rings (SSSR count). The van der Waals surface area contributed by atoms with Crippen LogP contribution in [0.15, 0.2) is 18.5 Å². The Morgan fingerprint density at radius 1 is 1.41 bits per heavy atom. The van der Waals surface area contributed by atoms with E-state index in [0.29, 0.717) is 12.5 Å². The number of rotatable bonds is 2. The SMILES string of the molecule is N#CCn1ccn2nc(C3CCOCC3)cc12. The third-order valence-electron chi connectivity index (χ3n) is 3.30. The van der Waals surface area contributed by atoms with Crippen LogP contribution in [0.3, 0.4) is 0 Å². The van der Waals surface area contributed by atoms with Crippen LogP contribution in [0.5, 0.6) is 0 Å². The maximum absolute atomic E-state index is 8.74. The van der Waals surface area contributed by atoms with Gasteiger partial charge in [-0.05, 0) is 12.8 Å². The standard InChI is InChI=1S/C12H14N4O/c13-3-4-15-5-6-16-12(15)9-11(14-16)10-1-7-17-8-2-10/h5-6,9-10H,1-2,4,7-8H2. The topological polar surface area (TPSA) is 55.2 Å². The van der Waals surface area contributed by atoms with E-state index in [1.807, 2.05) is 21.5 Å². The lowest BCUT2D eigenvalue weighted by atomic mass is 9.97. The second kappa shape index (κ2) is 4.22. The van der Waals surface area contributed by atoms with E-state index >= 15 is 0 Å². The second-order valence-electron chi connectivity index (χ2n) is 4.34. The summed E-state index contributed by atoms with van der Waals surface area (Å²) >= 11 is 0. The number of fused-ring (bicyclic) bond motifs is 1. The molecule has 0 spiro atoms. The van der Waals surface area contributed by atoms with E-state index < -0.39 is 0 Å². The number of nitriles is 1. The molecule has 0 unspecified atom stereocenters. The first kappa shape index (κ1) is 10.4. The van der Waals surface area contributed by atoms with Gasteiger partial charge in [0.15, 0.2) is 0 Å². The van der Waals surface area contributed by atoms with Crippen molar-refractivity contribution in [3.05, 3.63) is 24.2 Å². The molecule has 3 heterocycles. The summed E-state index contributed by atoms with van der Waals surface area (Å²) < 4.78 is 9.12. The zero-order chi connectivity index (χ0) is 11.7. The Labute approximate surface area is 99.2 Å². The first-order valence-electron chi connectivity index (χ1n) is 5.87. The zero-order valence-electron chi connectivity index (χ0n) is 9.54. The van der Waals surface area contributed by atoms with Gasteiger partial charge >= 0.3 is 0 Å². The third kappa shape index (κ3) is 1.81. The summed E-state index contributed by atoms with van der Waals surface area (Å²) in [5.41, 5.74) is 2.11. The summed E-state index contributed by atoms with van der Waals surface area (Å²) in [5, 5.41) is 13.3. The average Bonchev–Trinajstić information content (AvgIpc) is 2.93. The number of nitrogens with zero attached hydrogens (tertiary/aromatic N) is 4. The van der Waals surface area contributed by atoms with Gasteiger partial charge in [0.25, 0.3) is 0 Å². The van der Waals surface area contributed by atoms with Crippen LogP contribution in [0, 0.1) is 11.3 Å². The molecule has 1 fully saturated rings. The molecule has 2 aromatic heterocycles. The lowest BCUT2D eigenvalue weighted by Crippen LogP contribution is -2.14. The van der Waals surface area contributed by atoms with Gasteiger partial charge in [-0.3, -0.25) is 0 Å². The zero-order valence-corrected chi connectivity index (χ0v) is 9.54. The van der Waals surface area contributed by atoms with Crippen molar-refractivity contribution in [2.45, 2.75) is 25.3 Å². The molecule has 17 heavy (non-hydrogen) atoms. The third-order valence-corrected chi connectivity index (χ3v) is 3.30. The number of imidazole rings is 1. The Kier molecular flexibility index (Phi) is 2.57. The molecule has 0 saturated carbocycles. The minimum absolute atomic E-state index is 0.370. The van der Waals surface area contributed by atoms with Gasteiger partial charge in [-0.2, -0.15) is 10.4 Å². The number of aromatic nitrogens is 3. The first-order valence-corrected chi connectivity index (χ1v) is 5.87. The molecule has 0 bridgehead atoms. The molecule has 2 aromatic rings. The molecule has 1 aliphatic rings. The van der Waals surface area contributed by atoms with Gasteiger partial charge in [0.1, 0.15) is 12.2 Å². The van der Waals surface area contributed by atoms with Gasteiger partial charge in [0, 0.05) is 37.6 Å². The van der Waals surface area contributed by atoms with Gasteiger partial charge in [-0.25, -0.2) is 4.52 Å². The van der Waals surface area contributed by atoms with E-state index in [0.717, 1.165) is 37.4 Å². The van der Waals surface area contributed by atoms with Gasteiger partial charge in [-0.1, -0.05) is 0 Å². The first-order chi connectivity index (χ1) is 8.38. The Hall–Kier alpha value is -1.80. The van der Waals surface area contributed by atoms with E-state index in [1.54, 1.807) is 0 Å². The maximum Gasteiger partial charge on any atom is 0.136 e. The molecule has 5 nitrogen and oxygen atoms in total. The van der Waals surface area contributed by atoms with Crippen molar-refractivity contribution in [3.8, 4) is 6.07 Å². The number of hydrogen-bond acceptors (Lipinski definition) is 3. The summed E-state index contributed by atoms with van der Waals surface area (Å²) in [7, 11) is 0. The van der Waals surface area contributed by atoms with E-state index in [1.165, 1.54) is 0 Å². The number of hydrogen-bond donors (Lipinski definition) is 0. The fraction of sp³-hybridized carbons (Fsp3) is 0.500. The van der Waals surface area contributed by atoms with Crippen molar-refractivity contribution in [2.24, 2.45) is 0 Å². The summed E-state index contributed by atoms with van der Waals surface area (Å²) in [5.74, 6) is 0.499. The highest BCUT2D eigenvalue weighted by Gasteiger charge is 2.19. The van der Waals surface area contributed by atoms with Crippen LogP contribution in [0.25, 0.3) is 5.65 Å². The van der Waals surface area contributed by atoms with Gasteiger partial charge < -0.3 is 9.30 Å². The molecule has 88 valence electrons. The highest BCUT2D eigenvalue weighted by molar-refractivity contribution is 5.42. The van der Waals surface area contributed by atoms with Crippen LogP contribution in [0.1, 0.15) is 24.5 Å². The van der Waals surface area contributed by atoms with Crippen molar-refractivity contribution >= 4 is 5.65 Å². The monoisotopic (exact) mass is 230 g/mol. The Bertz CT molecular complexity index is 557. The Morgan fingerprint density at radius 2 is 2.24 bits per heavy atom. The quantitative estimate of drug-likeness (QED) is 0.786. The van der Waals surface area contributed by atoms with Gasteiger partial charge in [-0.15, -0.1) is 0 Å². The minimum atomic E-state index is 0.370. The smallest absolute Gasteiger partial charge is 0.136 e. The highest BCUT2D eigenvalue weighted by Crippen LogP contribution is 2.26. The fourth-order valence-corrected chi connectivity index (χ4v) is 2.35. The number of ether oxygens (including phenoxy) is 1. The van der Waals surface area contributed by atoms with Crippen LogP contribution >= 0.6 is 0 Å². The molecule has 1 saturated heterocycles. The van der Waals surface area contributed by atoms with Gasteiger partial charge in [0.05, 0.1) is 11.8 Å². The molecule has 0 amide bonds. The van der Waals surface area contributed by atoms with Crippen LogP contribution in [0.2, 0.25) is 0 Å².